The molecular formula is C20H17F3N4O5. The second-order valence-electron chi connectivity index (χ2n) is 7.04. The number of amides is 2. The molecule has 4 N–H and O–H groups in total. The Hall–Kier alpha value is -3.64. The monoisotopic (exact) mass is 450 g/mol. The summed E-state index contributed by atoms with van der Waals surface area (Å²) >= 11 is 0. The second kappa shape index (κ2) is 8.13. The van der Waals surface area contributed by atoms with Crippen molar-refractivity contribution < 1.29 is 37.1 Å². The van der Waals surface area contributed by atoms with Gasteiger partial charge in [-0.25, -0.2) is 0 Å². The number of rotatable bonds is 4. The highest BCUT2D eigenvalue weighted by Gasteiger charge is 2.40. The highest BCUT2D eigenvalue weighted by molar-refractivity contribution is 6.04. The van der Waals surface area contributed by atoms with Gasteiger partial charge >= 0.3 is 6.18 Å². The number of carbonyl (C=O) groups excluding carboxylic acids is 2. The summed E-state index contributed by atoms with van der Waals surface area (Å²) in [5.41, 5.74) is 5.24. The molecule has 1 aromatic heterocycles. The van der Waals surface area contributed by atoms with Gasteiger partial charge in [0, 0.05) is 24.0 Å². The standard InChI is InChI=1S/C20H17F3N4O5/c21-20(22,23)10-2-1-3-12(8-10)27-6-7-31-16(19(27)30)15(28)18(29)25-11-4-5-13-14(9-11)32-26-17(13)24/h1-5,8-9,15-16,28H,6-7H2,(H2,24,26)(H,25,29). The minimum atomic E-state index is -4.58. The average molecular weight is 450 g/mol. The van der Waals surface area contributed by atoms with E-state index in [1.807, 2.05) is 0 Å². The lowest BCUT2D eigenvalue weighted by Gasteiger charge is -2.34. The summed E-state index contributed by atoms with van der Waals surface area (Å²) in [6, 6.07) is 8.70. The van der Waals surface area contributed by atoms with Crippen LogP contribution in [0.15, 0.2) is 47.0 Å². The molecule has 9 nitrogen and oxygen atoms in total. The van der Waals surface area contributed by atoms with Crippen molar-refractivity contribution in [1.29, 1.82) is 0 Å². The molecule has 2 amide bonds. The Labute approximate surface area is 178 Å². The predicted octanol–water partition coefficient (Wildman–Crippen LogP) is 2.16. The van der Waals surface area contributed by atoms with Crippen LogP contribution in [0, 0.1) is 0 Å². The molecule has 2 heterocycles. The van der Waals surface area contributed by atoms with E-state index in [2.05, 4.69) is 10.5 Å². The van der Waals surface area contributed by atoms with Crippen molar-refractivity contribution in [1.82, 2.24) is 5.16 Å². The molecule has 1 saturated heterocycles. The molecule has 2 aromatic carbocycles. The van der Waals surface area contributed by atoms with Gasteiger partial charge in [0.15, 0.2) is 23.6 Å². The maximum Gasteiger partial charge on any atom is 0.416 e. The van der Waals surface area contributed by atoms with E-state index in [-0.39, 0.29) is 30.3 Å². The molecule has 2 atom stereocenters. The van der Waals surface area contributed by atoms with Crippen LogP contribution >= 0.6 is 0 Å². The number of aliphatic hydroxyl groups is 1. The first-order valence-corrected chi connectivity index (χ1v) is 9.39. The first-order chi connectivity index (χ1) is 15.1. The molecule has 0 spiro atoms. The van der Waals surface area contributed by atoms with Gasteiger partial charge in [-0.15, -0.1) is 0 Å². The number of fused-ring (bicyclic) bond motifs is 1. The highest BCUT2D eigenvalue weighted by atomic mass is 19.4. The second-order valence-corrected chi connectivity index (χ2v) is 7.04. The summed E-state index contributed by atoms with van der Waals surface area (Å²) in [5, 5.41) is 17.0. The van der Waals surface area contributed by atoms with Gasteiger partial charge in [0.2, 0.25) is 0 Å². The van der Waals surface area contributed by atoms with Crippen LogP contribution in [-0.2, 0) is 20.5 Å². The van der Waals surface area contributed by atoms with Gasteiger partial charge in [0.1, 0.15) is 0 Å². The molecule has 2 unspecified atom stereocenters. The number of alkyl halides is 3. The van der Waals surface area contributed by atoms with E-state index in [0.29, 0.717) is 11.0 Å². The lowest BCUT2D eigenvalue weighted by molar-refractivity contribution is -0.150. The van der Waals surface area contributed by atoms with Crippen LogP contribution in [0.5, 0.6) is 0 Å². The van der Waals surface area contributed by atoms with Crippen LogP contribution in [0.4, 0.5) is 30.4 Å². The van der Waals surface area contributed by atoms with Gasteiger partial charge in [-0.1, -0.05) is 11.2 Å². The number of nitrogen functional groups attached to an aromatic ring is 1. The van der Waals surface area contributed by atoms with Crippen molar-refractivity contribution in [3.05, 3.63) is 48.0 Å². The van der Waals surface area contributed by atoms with Crippen molar-refractivity contribution in [3.63, 3.8) is 0 Å². The van der Waals surface area contributed by atoms with Gasteiger partial charge < -0.3 is 30.3 Å². The first kappa shape index (κ1) is 21.6. The van der Waals surface area contributed by atoms with Gasteiger partial charge in [-0.2, -0.15) is 13.2 Å². The van der Waals surface area contributed by atoms with Crippen LogP contribution in [0.2, 0.25) is 0 Å². The van der Waals surface area contributed by atoms with Crippen molar-refractivity contribution in [2.75, 3.05) is 29.1 Å². The third-order valence-electron chi connectivity index (χ3n) is 4.93. The fourth-order valence-corrected chi connectivity index (χ4v) is 3.33. The van der Waals surface area contributed by atoms with Crippen molar-refractivity contribution >= 4 is 40.0 Å². The average Bonchev–Trinajstić information content (AvgIpc) is 3.13. The number of nitrogens with two attached hydrogens (primary N) is 1. The molecule has 0 aliphatic carbocycles. The fraction of sp³-hybridized carbons (Fsp3) is 0.250. The summed E-state index contributed by atoms with van der Waals surface area (Å²) in [7, 11) is 0. The lowest BCUT2D eigenvalue weighted by atomic mass is 10.1. The minimum Gasteiger partial charge on any atom is -0.380 e. The fourth-order valence-electron chi connectivity index (χ4n) is 3.33. The third kappa shape index (κ3) is 4.09. The summed E-state index contributed by atoms with van der Waals surface area (Å²) in [5.74, 6) is -1.61. The van der Waals surface area contributed by atoms with Crippen LogP contribution in [0.1, 0.15) is 5.56 Å². The Morgan fingerprint density at radius 1 is 1.28 bits per heavy atom. The van der Waals surface area contributed by atoms with Crippen LogP contribution in [0.25, 0.3) is 11.0 Å². The van der Waals surface area contributed by atoms with Crippen LogP contribution < -0.4 is 16.0 Å². The van der Waals surface area contributed by atoms with Gasteiger partial charge in [0.25, 0.3) is 11.8 Å². The Morgan fingerprint density at radius 2 is 2.06 bits per heavy atom. The molecule has 12 heteroatoms. The number of ether oxygens (including phenoxy) is 1. The van der Waals surface area contributed by atoms with Crippen LogP contribution in [0.3, 0.4) is 0 Å². The maximum atomic E-state index is 13.0. The number of hydrogen-bond donors (Lipinski definition) is 3. The number of carbonyl (C=O) groups is 2. The number of anilines is 3. The molecule has 0 radical (unpaired) electrons. The van der Waals surface area contributed by atoms with Crippen molar-refractivity contribution in [2.45, 2.75) is 18.4 Å². The molecule has 3 aromatic rings. The number of benzene rings is 2. The van der Waals surface area contributed by atoms with E-state index < -0.39 is 35.8 Å². The van der Waals surface area contributed by atoms with Crippen molar-refractivity contribution in [2.24, 2.45) is 0 Å². The number of hydrogen-bond acceptors (Lipinski definition) is 7. The molecule has 32 heavy (non-hydrogen) atoms. The summed E-state index contributed by atoms with van der Waals surface area (Å²) in [6.07, 6.45) is -8.09. The first-order valence-electron chi connectivity index (χ1n) is 9.39. The lowest BCUT2D eigenvalue weighted by Crippen LogP contribution is -2.55. The molecule has 1 aliphatic heterocycles. The topological polar surface area (TPSA) is 131 Å². The SMILES string of the molecule is Nc1noc2cc(NC(=O)C(O)C3OCCN(c4cccc(C(F)(F)F)c4)C3=O)ccc12. The number of nitrogens with one attached hydrogen (secondary N) is 1. The zero-order valence-corrected chi connectivity index (χ0v) is 16.3. The summed E-state index contributed by atoms with van der Waals surface area (Å²) in [6.45, 7) is -0.116. The molecule has 1 fully saturated rings. The number of aliphatic hydroxyl groups excluding tert-OH is 1. The molecule has 0 bridgehead atoms. The van der Waals surface area contributed by atoms with Gasteiger partial charge in [0.05, 0.1) is 17.6 Å². The Kier molecular flexibility index (Phi) is 5.48. The maximum absolute atomic E-state index is 13.0. The summed E-state index contributed by atoms with van der Waals surface area (Å²) < 4.78 is 49.3. The number of nitrogens with zero attached hydrogens (tertiary/aromatic N) is 2. The quantitative estimate of drug-likeness (QED) is 0.555. The summed E-state index contributed by atoms with van der Waals surface area (Å²) in [4.78, 5) is 26.3. The van der Waals surface area contributed by atoms with Gasteiger partial charge in [-0.05, 0) is 30.3 Å². The Balaban J connectivity index is 1.49. The molecule has 168 valence electrons. The zero-order valence-electron chi connectivity index (χ0n) is 16.3. The van der Waals surface area contributed by atoms with E-state index in [1.165, 1.54) is 24.3 Å². The Bertz CT molecular complexity index is 1180. The van der Waals surface area contributed by atoms with E-state index in [4.69, 9.17) is 15.0 Å². The predicted molar refractivity (Wildman–Crippen MR) is 107 cm³/mol. The van der Waals surface area contributed by atoms with E-state index in [0.717, 1.165) is 17.0 Å². The molecular weight excluding hydrogens is 433 g/mol. The van der Waals surface area contributed by atoms with E-state index in [9.17, 15) is 27.9 Å². The normalized spacial score (nSPS) is 18.1. The molecule has 1 aliphatic rings. The van der Waals surface area contributed by atoms with E-state index in [1.54, 1.807) is 6.07 Å². The Morgan fingerprint density at radius 3 is 2.81 bits per heavy atom. The largest absolute Gasteiger partial charge is 0.416 e. The number of halogens is 3. The van der Waals surface area contributed by atoms with Gasteiger partial charge in [-0.3, -0.25) is 9.59 Å². The molecule has 4 rings (SSSR count). The van der Waals surface area contributed by atoms with E-state index >= 15 is 0 Å². The zero-order chi connectivity index (χ0) is 23.0. The highest BCUT2D eigenvalue weighted by Crippen LogP contribution is 2.32. The minimum absolute atomic E-state index is 0.0147. The van der Waals surface area contributed by atoms with Crippen molar-refractivity contribution in [3.8, 4) is 0 Å². The van der Waals surface area contributed by atoms with Crippen LogP contribution in [-0.4, -0.2) is 47.4 Å². The number of aromatic nitrogens is 1. The smallest absolute Gasteiger partial charge is 0.380 e. The molecule has 0 saturated carbocycles. The number of morpholine rings is 1. The third-order valence-corrected chi connectivity index (χ3v) is 4.93.